The molecule has 0 rings (SSSR count). The quantitative estimate of drug-likeness (QED) is 0.440. The van der Waals surface area contributed by atoms with E-state index in [4.69, 9.17) is 21.3 Å². The lowest BCUT2D eigenvalue weighted by Crippen LogP contribution is -2.06. The molecule has 6 N–H and O–H groups in total. The van der Waals surface area contributed by atoms with E-state index in [1.807, 2.05) is 0 Å². The highest BCUT2D eigenvalue weighted by Gasteiger charge is 2.29. The van der Waals surface area contributed by atoms with Gasteiger partial charge < -0.3 is 21.3 Å². The first-order valence-corrected chi connectivity index (χ1v) is 6.10. The van der Waals surface area contributed by atoms with Crippen LogP contribution >= 0.6 is 15.2 Å². The molecule has 0 aromatic heterocycles. The third-order valence-corrected chi connectivity index (χ3v) is 3.68. The first kappa shape index (κ1) is 11.3. The van der Waals surface area contributed by atoms with Crippen LogP contribution in [0.1, 0.15) is 0 Å². The molecule has 0 fully saturated rings. The zero-order valence-corrected chi connectivity index (χ0v) is 7.37. The zero-order chi connectivity index (χ0) is 9.12. The van der Waals surface area contributed by atoms with Crippen LogP contribution in [0.3, 0.4) is 0 Å². The Kier molecular flexibility index (Phi) is 3.87. The Labute approximate surface area is 63.4 Å². The second-order valence-corrected chi connectivity index (χ2v) is 5.66. The molecule has 0 aliphatic heterocycles. The van der Waals surface area contributed by atoms with Crippen molar-refractivity contribution in [1.82, 2.24) is 0 Å². The Balaban J connectivity index is 4.26. The summed E-state index contributed by atoms with van der Waals surface area (Å²) in [6, 6.07) is 0. The van der Waals surface area contributed by atoms with Crippen LogP contribution in [0.5, 0.6) is 0 Å². The smallest absolute Gasteiger partial charge is 0.323 e. The van der Waals surface area contributed by atoms with E-state index in [0.717, 1.165) is 0 Å². The van der Waals surface area contributed by atoms with Crippen molar-refractivity contribution >= 4 is 15.2 Å². The minimum atomic E-state index is -4.13. The van der Waals surface area contributed by atoms with Crippen LogP contribution in [-0.2, 0) is 13.4 Å². The first-order valence-electron chi connectivity index (χ1n) is 2.58. The van der Waals surface area contributed by atoms with Gasteiger partial charge in [-0.25, -0.2) is 4.31 Å². The molecule has 0 aromatic carbocycles. The van der Waals surface area contributed by atoms with Gasteiger partial charge in [0.2, 0.25) is 0 Å². The van der Waals surface area contributed by atoms with E-state index in [9.17, 15) is 9.13 Å². The number of hydrogen-bond acceptors (Lipinski definition) is 5. The van der Waals surface area contributed by atoms with E-state index in [1.165, 1.54) is 0 Å². The minimum Gasteiger partial charge on any atom is -0.323 e. The van der Waals surface area contributed by atoms with Gasteiger partial charge in [0.15, 0.2) is 0 Å². The fraction of sp³-hybridized carbons (Fsp3) is 1.00. The van der Waals surface area contributed by atoms with E-state index in [0.29, 0.717) is 0 Å². The molecule has 11 heavy (non-hydrogen) atoms. The highest BCUT2D eigenvalue weighted by atomic mass is 31.3. The van der Waals surface area contributed by atoms with Gasteiger partial charge in [-0.3, -0.25) is 9.13 Å². The summed E-state index contributed by atoms with van der Waals surface area (Å²) in [6.45, 7) is 0. The average molecular weight is 204 g/mol. The highest BCUT2D eigenvalue weighted by Crippen LogP contribution is 2.57. The molecular weight excluding hydrogens is 194 g/mol. The van der Waals surface area contributed by atoms with E-state index in [1.54, 1.807) is 0 Å². The van der Waals surface area contributed by atoms with Gasteiger partial charge in [0.25, 0.3) is 0 Å². The zero-order valence-electron chi connectivity index (χ0n) is 5.58. The van der Waals surface area contributed by atoms with E-state index in [-0.39, 0.29) is 0 Å². The molecule has 7 nitrogen and oxygen atoms in total. The Hall–Kier alpha value is 0.260. The maximum atomic E-state index is 10.6. The summed E-state index contributed by atoms with van der Waals surface area (Å²) >= 11 is 0. The molecule has 0 heterocycles. The minimum absolute atomic E-state index is 0.711. The van der Waals surface area contributed by atoms with Crippen LogP contribution in [0, 0.1) is 0 Å². The number of rotatable bonds is 4. The predicted molar refractivity (Wildman–Crippen MR) is 38.8 cm³/mol. The molecule has 0 radical (unpaired) electrons. The van der Waals surface area contributed by atoms with Crippen LogP contribution in [0.25, 0.3) is 0 Å². The van der Waals surface area contributed by atoms with Crippen molar-refractivity contribution in [3.8, 4) is 0 Å². The molecule has 2 unspecified atom stereocenters. The SMILES string of the molecule is NCP(=O)(O)OP(=O)(O)CN. The molecule has 0 amide bonds. The van der Waals surface area contributed by atoms with Crippen molar-refractivity contribution in [2.45, 2.75) is 0 Å². The lowest BCUT2D eigenvalue weighted by atomic mass is 11.6. The molecule has 2 atom stereocenters. The molecule has 9 heteroatoms. The third-order valence-electron chi connectivity index (χ3n) is 0.717. The third kappa shape index (κ3) is 4.66. The van der Waals surface area contributed by atoms with Gasteiger partial charge in [0.05, 0.1) is 12.6 Å². The Morgan fingerprint density at radius 3 is 1.55 bits per heavy atom. The van der Waals surface area contributed by atoms with Crippen molar-refractivity contribution in [3.05, 3.63) is 0 Å². The van der Waals surface area contributed by atoms with Crippen molar-refractivity contribution in [3.63, 3.8) is 0 Å². The summed E-state index contributed by atoms with van der Waals surface area (Å²) in [4.78, 5) is 17.2. The standard InChI is InChI=1S/C2H10N2O5P2/c3-1-10(5,6)9-11(7,8)2-4/h1-4H2,(H,5,6)(H,7,8). The molecule has 0 aliphatic rings. The Morgan fingerprint density at radius 2 is 1.36 bits per heavy atom. The van der Waals surface area contributed by atoms with Gasteiger partial charge in [-0.15, -0.1) is 0 Å². The van der Waals surface area contributed by atoms with Crippen molar-refractivity contribution < 1.29 is 23.2 Å². The van der Waals surface area contributed by atoms with E-state index >= 15 is 0 Å². The van der Waals surface area contributed by atoms with Crippen LogP contribution in [0.15, 0.2) is 0 Å². The fourth-order valence-corrected chi connectivity index (χ4v) is 2.39. The van der Waals surface area contributed by atoms with Crippen molar-refractivity contribution in [2.75, 3.05) is 12.6 Å². The average Bonchev–Trinajstić information content (AvgIpc) is 1.86. The van der Waals surface area contributed by atoms with E-state index < -0.39 is 27.8 Å². The van der Waals surface area contributed by atoms with Gasteiger partial charge in [-0.05, 0) is 0 Å². The molecule has 0 aliphatic carbocycles. The predicted octanol–water partition coefficient (Wildman–Crippen LogP) is -0.794. The molecule has 0 saturated heterocycles. The molecule has 0 bridgehead atoms. The lowest BCUT2D eigenvalue weighted by Gasteiger charge is -2.12. The van der Waals surface area contributed by atoms with Crippen LogP contribution < -0.4 is 11.5 Å². The Bertz CT molecular complexity index is 195. The number of hydrogen-bond donors (Lipinski definition) is 4. The van der Waals surface area contributed by atoms with Gasteiger partial charge >= 0.3 is 15.2 Å². The fourth-order valence-electron chi connectivity index (χ4n) is 0.266. The van der Waals surface area contributed by atoms with Gasteiger partial charge in [-0.1, -0.05) is 0 Å². The molecule has 68 valence electrons. The first-order chi connectivity index (χ1) is 4.83. The molecule has 0 aromatic rings. The van der Waals surface area contributed by atoms with Crippen molar-refractivity contribution in [1.29, 1.82) is 0 Å². The van der Waals surface area contributed by atoms with Crippen LogP contribution in [0.2, 0.25) is 0 Å². The Morgan fingerprint density at radius 1 is 1.09 bits per heavy atom. The monoisotopic (exact) mass is 204 g/mol. The lowest BCUT2D eigenvalue weighted by molar-refractivity contribution is 0.333. The topological polar surface area (TPSA) is 136 Å². The molecular formula is C2H10N2O5P2. The highest BCUT2D eigenvalue weighted by molar-refractivity contribution is 7.66. The summed E-state index contributed by atoms with van der Waals surface area (Å²) in [6.07, 6.45) is -1.42. The van der Waals surface area contributed by atoms with E-state index in [2.05, 4.69) is 4.31 Å². The second-order valence-electron chi connectivity index (χ2n) is 1.72. The van der Waals surface area contributed by atoms with Crippen LogP contribution in [-0.4, -0.2) is 22.4 Å². The maximum Gasteiger partial charge on any atom is 0.348 e. The summed E-state index contributed by atoms with van der Waals surface area (Å²) in [5.74, 6) is 0. The largest absolute Gasteiger partial charge is 0.348 e. The summed E-state index contributed by atoms with van der Waals surface area (Å²) < 4.78 is 25.1. The summed E-state index contributed by atoms with van der Waals surface area (Å²) in [7, 11) is -8.25. The summed E-state index contributed by atoms with van der Waals surface area (Å²) in [5.41, 5.74) is 9.51. The molecule has 0 spiro atoms. The second kappa shape index (κ2) is 3.78. The van der Waals surface area contributed by atoms with Gasteiger partial charge in [0, 0.05) is 0 Å². The van der Waals surface area contributed by atoms with Gasteiger partial charge in [-0.2, -0.15) is 0 Å². The molecule has 0 saturated carbocycles. The summed E-state index contributed by atoms with van der Waals surface area (Å²) in [5, 5.41) is 0. The normalized spacial score (nSPS) is 22.2. The maximum absolute atomic E-state index is 10.6. The number of nitrogens with two attached hydrogens (primary N) is 2. The van der Waals surface area contributed by atoms with Gasteiger partial charge in [0.1, 0.15) is 0 Å². The van der Waals surface area contributed by atoms with Crippen molar-refractivity contribution in [2.24, 2.45) is 11.5 Å². The van der Waals surface area contributed by atoms with Crippen LogP contribution in [0.4, 0.5) is 0 Å².